The van der Waals surface area contributed by atoms with Crippen molar-refractivity contribution in [3.63, 3.8) is 0 Å². The van der Waals surface area contributed by atoms with Crippen molar-refractivity contribution in [3.05, 3.63) is 91.1 Å². The van der Waals surface area contributed by atoms with Crippen LogP contribution in [0.2, 0.25) is 0 Å². The molecule has 0 atom stereocenters. The van der Waals surface area contributed by atoms with Crippen molar-refractivity contribution in [1.82, 2.24) is 18.9 Å². The second-order valence-corrected chi connectivity index (χ2v) is 9.95. The van der Waals surface area contributed by atoms with E-state index in [2.05, 4.69) is 37.0 Å². The molecule has 0 spiro atoms. The lowest BCUT2D eigenvalue weighted by Crippen LogP contribution is -2.20. The van der Waals surface area contributed by atoms with Crippen molar-refractivity contribution in [2.75, 3.05) is 0 Å². The number of thiophene rings is 1. The maximum Gasteiger partial charge on any atom is 0.263 e. The lowest BCUT2D eigenvalue weighted by molar-refractivity contribution is 0.728. The highest BCUT2D eigenvalue weighted by atomic mass is 32.2. The summed E-state index contributed by atoms with van der Waals surface area (Å²) in [4.78, 5) is 35.9. The van der Waals surface area contributed by atoms with Crippen LogP contribution in [0.15, 0.2) is 62.7 Å². The number of rotatable bonds is 4. The first kappa shape index (κ1) is 21.6. The second kappa shape index (κ2) is 8.28. The molecule has 0 saturated heterocycles. The van der Waals surface area contributed by atoms with Crippen LogP contribution in [0.25, 0.3) is 27.0 Å². The Morgan fingerprint density at radius 2 is 1.82 bits per heavy atom. The summed E-state index contributed by atoms with van der Waals surface area (Å²) < 4.78 is 3.13. The van der Waals surface area contributed by atoms with Crippen molar-refractivity contribution in [3.8, 4) is 11.1 Å². The molecule has 0 radical (unpaired) electrons. The van der Waals surface area contributed by atoms with Crippen LogP contribution in [0.1, 0.15) is 22.4 Å². The minimum atomic E-state index is -0.118. The van der Waals surface area contributed by atoms with Gasteiger partial charge in [0.05, 0.1) is 11.1 Å². The molecule has 6 nitrogen and oxygen atoms in total. The van der Waals surface area contributed by atoms with Gasteiger partial charge in [0.1, 0.15) is 10.5 Å². The topological polar surface area (TPSA) is 69.3 Å². The Hall–Kier alpha value is -3.23. The summed E-state index contributed by atoms with van der Waals surface area (Å²) in [5, 5.41) is 3.26. The highest BCUT2D eigenvalue weighted by Gasteiger charge is 2.16. The van der Waals surface area contributed by atoms with E-state index in [4.69, 9.17) is 4.98 Å². The van der Waals surface area contributed by atoms with Crippen molar-refractivity contribution in [2.45, 2.75) is 31.7 Å². The van der Waals surface area contributed by atoms with Gasteiger partial charge in [-0.25, -0.2) is 9.97 Å². The zero-order valence-electron chi connectivity index (χ0n) is 18.7. The first-order valence-corrected chi connectivity index (χ1v) is 12.4. The molecular formula is C25H22N4O2S2. The van der Waals surface area contributed by atoms with E-state index in [0.717, 1.165) is 21.5 Å². The quantitative estimate of drug-likeness (QED) is 0.274. The predicted molar refractivity (Wildman–Crippen MR) is 136 cm³/mol. The predicted octanol–water partition coefficient (Wildman–Crippen LogP) is 4.89. The van der Waals surface area contributed by atoms with Gasteiger partial charge in [0, 0.05) is 36.0 Å². The summed E-state index contributed by atoms with van der Waals surface area (Å²) in [6.45, 7) is 6.09. The molecule has 0 unspecified atom stereocenters. The molecule has 5 rings (SSSR count). The number of hydrogen-bond donors (Lipinski definition) is 0. The van der Waals surface area contributed by atoms with E-state index in [0.29, 0.717) is 27.6 Å². The van der Waals surface area contributed by atoms with Crippen molar-refractivity contribution >= 4 is 39.0 Å². The molecule has 0 saturated carbocycles. The summed E-state index contributed by atoms with van der Waals surface area (Å²) in [6, 6.07) is 11.6. The number of aryl methyl sites for hydroxylation is 3. The molecule has 33 heavy (non-hydrogen) atoms. The Balaban J connectivity index is 1.51. The summed E-state index contributed by atoms with van der Waals surface area (Å²) in [6.07, 6.45) is 1.72. The zero-order chi connectivity index (χ0) is 23.3. The first-order valence-electron chi connectivity index (χ1n) is 10.5. The molecule has 4 heterocycles. The molecule has 0 bridgehead atoms. The Bertz CT molecular complexity index is 1660. The van der Waals surface area contributed by atoms with Crippen LogP contribution in [-0.4, -0.2) is 18.9 Å². The molecule has 1 aromatic carbocycles. The standard InChI is InChI=1S/C25H22N4O2S2/c1-14-7-8-17(10-16(14)3)19-13-32-23-21(19)24(31)28(4)25(27-23)33-12-18-11-20(30)29-9-5-6-15(2)22(29)26-18/h5-11,13H,12H2,1-4H3. The molecule has 0 aliphatic heterocycles. The molecule has 166 valence electrons. The van der Waals surface area contributed by atoms with E-state index in [1.54, 1.807) is 28.3 Å². The Morgan fingerprint density at radius 1 is 1.00 bits per heavy atom. The zero-order valence-corrected chi connectivity index (χ0v) is 20.4. The van der Waals surface area contributed by atoms with Crippen LogP contribution >= 0.6 is 23.1 Å². The second-order valence-electron chi connectivity index (χ2n) is 8.15. The molecule has 0 amide bonds. The fraction of sp³-hybridized carbons (Fsp3) is 0.200. The minimum absolute atomic E-state index is 0.0700. The lowest BCUT2D eigenvalue weighted by atomic mass is 10.0. The summed E-state index contributed by atoms with van der Waals surface area (Å²) in [5.74, 6) is 0.446. The summed E-state index contributed by atoms with van der Waals surface area (Å²) in [7, 11) is 1.74. The van der Waals surface area contributed by atoms with Gasteiger partial charge in [-0.2, -0.15) is 0 Å². The van der Waals surface area contributed by atoms with Gasteiger partial charge in [0.25, 0.3) is 11.1 Å². The third-order valence-corrected chi connectivity index (χ3v) is 7.82. The number of nitrogens with zero attached hydrogens (tertiary/aromatic N) is 4. The van der Waals surface area contributed by atoms with E-state index in [9.17, 15) is 9.59 Å². The van der Waals surface area contributed by atoms with E-state index in [-0.39, 0.29) is 11.1 Å². The average molecular weight is 475 g/mol. The Labute approximate surface area is 198 Å². The van der Waals surface area contributed by atoms with Gasteiger partial charge < -0.3 is 0 Å². The minimum Gasteiger partial charge on any atom is -0.290 e. The van der Waals surface area contributed by atoms with Crippen LogP contribution in [-0.2, 0) is 12.8 Å². The normalized spacial score (nSPS) is 11.5. The molecule has 5 aromatic rings. The highest BCUT2D eigenvalue weighted by molar-refractivity contribution is 7.98. The smallest absolute Gasteiger partial charge is 0.263 e. The first-order chi connectivity index (χ1) is 15.8. The van der Waals surface area contributed by atoms with E-state index in [1.807, 2.05) is 24.4 Å². The SMILES string of the molecule is Cc1ccc(-c2csc3nc(SCc4cc(=O)n5cccc(C)c5n4)n(C)c(=O)c23)cc1C. The van der Waals surface area contributed by atoms with Gasteiger partial charge in [-0.15, -0.1) is 11.3 Å². The maximum atomic E-state index is 13.3. The molecule has 0 N–H and O–H groups in total. The van der Waals surface area contributed by atoms with E-state index < -0.39 is 0 Å². The largest absolute Gasteiger partial charge is 0.290 e. The monoisotopic (exact) mass is 474 g/mol. The van der Waals surface area contributed by atoms with Crippen molar-refractivity contribution in [2.24, 2.45) is 7.05 Å². The molecule has 0 aliphatic rings. The van der Waals surface area contributed by atoms with Crippen LogP contribution in [0.4, 0.5) is 0 Å². The van der Waals surface area contributed by atoms with Crippen molar-refractivity contribution < 1.29 is 0 Å². The molecular weight excluding hydrogens is 452 g/mol. The fourth-order valence-corrected chi connectivity index (χ4v) is 5.68. The van der Waals surface area contributed by atoms with Gasteiger partial charge in [0.15, 0.2) is 5.16 Å². The molecule has 4 aromatic heterocycles. The third-order valence-electron chi connectivity index (χ3n) is 5.88. The van der Waals surface area contributed by atoms with E-state index >= 15 is 0 Å². The average Bonchev–Trinajstić information content (AvgIpc) is 3.22. The van der Waals surface area contributed by atoms with Crippen molar-refractivity contribution in [1.29, 1.82) is 0 Å². The lowest BCUT2D eigenvalue weighted by Gasteiger charge is -2.09. The number of thioether (sulfide) groups is 1. The molecule has 0 aliphatic carbocycles. The van der Waals surface area contributed by atoms with Crippen LogP contribution in [0.3, 0.4) is 0 Å². The Morgan fingerprint density at radius 3 is 2.61 bits per heavy atom. The molecule has 8 heteroatoms. The van der Waals surface area contributed by atoms with Gasteiger partial charge in [0.2, 0.25) is 0 Å². The van der Waals surface area contributed by atoms with Crippen LogP contribution in [0.5, 0.6) is 0 Å². The number of benzene rings is 1. The molecule has 0 fully saturated rings. The third kappa shape index (κ3) is 3.79. The van der Waals surface area contributed by atoms with Crippen LogP contribution < -0.4 is 11.1 Å². The van der Waals surface area contributed by atoms with Gasteiger partial charge in [-0.1, -0.05) is 36.0 Å². The number of fused-ring (bicyclic) bond motifs is 2. The Kier molecular flexibility index (Phi) is 5.42. The highest BCUT2D eigenvalue weighted by Crippen LogP contribution is 2.33. The van der Waals surface area contributed by atoms with Gasteiger partial charge in [-0.3, -0.25) is 18.6 Å². The number of aromatic nitrogens is 4. The number of hydrogen-bond acceptors (Lipinski definition) is 6. The van der Waals surface area contributed by atoms with E-state index in [1.165, 1.54) is 34.2 Å². The van der Waals surface area contributed by atoms with Gasteiger partial charge in [-0.05, 0) is 49.1 Å². The van der Waals surface area contributed by atoms with Crippen LogP contribution in [0, 0.1) is 20.8 Å². The fourth-order valence-electron chi connectivity index (χ4n) is 3.82. The summed E-state index contributed by atoms with van der Waals surface area (Å²) in [5.41, 5.74) is 6.42. The summed E-state index contributed by atoms with van der Waals surface area (Å²) >= 11 is 2.89. The van der Waals surface area contributed by atoms with Gasteiger partial charge >= 0.3 is 0 Å². The number of pyridine rings is 1. The maximum absolute atomic E-state index is 13.3.